The monoisotopic (exact) mass is 244 g/mol. The molecule has 1 aromatic rings. The first kappa shape index (κ1) is 11.5. The fourth-order valence-corrected chi connectivity index (χ4v) is 3.14. The van der Waals surface area contributed by atoms with Crippen molar-refractivity contribution in [1.82, 2.24) is 9.55 Å². The van der Waals surface area contributed by atoms with Crippen LogP contribution >= 0.6 is 0 Å². The molecule has 2 aliphatic rings. The first-order valence-electron chi connectivity index (χ1n) is 6.54. The molecule has 18 heavy (non-hydrogen) atoms. The summed E-state index contributed by atoms with van der Waals surface area (Å²) in [6, 6.07) is 0.418. The van der Waals surface area contributed by atoms with Crippen molar-refractivity contribution in [2.45, 2.75) is 50.6 Å². The minimum Gasteiger partial charge on any atom is -0.328 e. The number of imidazole rings is 1. The van der Waals surface area contributed by atoms with E-state index in [9.17, 15) is 0 Å². The van der Waals surface area contributed by atoms with Crippen LogP contribution in [0.1, 0.15) is 44.7 Å². The molecule has 2 unspecified atom stereocenters. The molecule has 0 spiro atoms. The third-order valence-corrected chi connectivity index (χ3v) is 4.43. The van der Waals surface area contributed by atoms with E-state index in [4.69, 9.17) is 0 Å². The van der Waals surface area contributed by atoms with Gasteiger partial charge in [0, 0.05) is 23.4 Å². The number of aromatic nitrogens is 2. The van der Waals surface area contributed by atoms with Gasteiger partial charge in [-0.05, 0) is 39.8 Å². The lowest BCUT2D eigenvalue weighted by molar-refractivity contribution is 0.435. The molecule has 0 amide bonds. The topological polar surface area (TPSA) is 42.2 Å². The zero-order valence-corrected chi connectivity index (χ0v) is 11.1. The highest BCUT2D eigenvalue weighted by Crippen LogP contribution is 2.43. The number of rotatable bonds is 2. The van der Waals surface area contributed by atoms with Gasteiger partial charge in [0.05, 0.1) is 11.7 Å². The van der Waals surface area contributed by atoms with Gasteiger partial charge in [-0.3, -0.25) is 4.99 Å². The van der Waals surface area contributed by atoms with Gasteiger partial charge in [-0.1, -0.05) is 6.58 Å². The molecule has 96 valence electrons. The summed E-state index contributed by atoms with van der Waals surface area (Å²) in [6.45, 7) is 12.1. The van der Waals surface area contributed by atoms with Gasteiger partial charge in [-0.25, -0.2) is 4.98 Å². The highest BCUT2D eigenvalue weighted by Gasteiger charge is 2.38. The second-order valence-corrected chi connectivity index (χ2v) is 5.85. The minimum atomic E-state index is -0.0964. The molecular weight excluding hydrogens is 224 g/mol. The Bertz CT molecular complexity index is 512. The highest BCUT2D eigenvalue weighted by molar-refractivity contribution is 5.49. The molecule has 1 aliphatic heterocycles. The number of hydrogen-bond donors (Lipinski definition) is 1. The molecule has 3 rings (SSSR count). The molecule has 0 aromatic carbocycles. The SMILES string of the molecule is C=NC1CCC(c2cnc3n2C(C)(C)C(=C)N3)C1. The van der Waals surface area contributed by atoms with E-state index in [1.807, 2.05) is 6.20 Å². The summed E-state index contributed by atoms with van der Waals surface area (Å²) in [5.74, 6) is 1.48. The summed E-state index contributed by atoms with van der Waals surface area (Å²) >= 11 is 0. The Morgan fingerprint density at radius 2 is 2.28 bits per heavy atom. The van der Waals surface area contributed by atoms with Crippen molar-refractivity contribution >= 4 is 12.7 Å². The Morgan fingerprint density at radius 1 is 1.50 bits per heavy atom. The Labute approximate surface area is 108 Å². The number of anilines is 1. The Balaban J connectivity index is 1.97. The van der Waals surface area contributed by atoms with Crippen molar-refractivity contribution in [1.29, 1.82) is 0 Å². The maximum Gasteiger partial charge on any atom is 0.208 e. The first-order chi connectivity index (χ1) is 8.54. The number of aliphatic imine (C=N–C) groups is 1. The summed E-state index contributed by atoms with van der Waals surface area (Å²) in [6.07, 6.45) is 5.42. The third kappa shape index (κ3) is 1.44. The largest absolute Gasteiger partial charge is 0.328 e. The van der Waals surface area contributed by atoms with Crippen LogP contribution in [0.25, 0.3) is 0 Å². The standard InChI is InChI=1S/C14H20N4/c1-9-14(2,3)18-12(8-16-13(18)17-9)10-5-6-11(7-10)15-4/h8,10-11H,1,4-7H2,2-3H3,(H,16,17). The summed E-state index contributed by atoms with van der Waals surface area (Å²) in [5, 5.41) is 3.28. The van der Waals surface area contributed by atoms with E-state index in [1.165, 1.54) is 12.1 Å². The van der Waals surface area contributed by atoms with Crippen LogP contribution in [-0.2, 0) is 5.54 Å². The van der Waals surface area contributed by atoms with Crippen LogP contribution in [0, 0.1) is 0 Å². The molecule has 1 saturated carbocycles. The van der Waals surface area contributed by atoms with Gasteiger partial charge >= 0.3 is 0 Å². The molecule has 1 aliphatic carbocycles. The van der Waals surface area contributed by atoms with Crippen LogP contribution in [0.2, 0.25) is 0 Å². The zero-order valence-electron chi connectivity index (χ0n) is 11.1. The molecule has 0 saturated heterocycles. The van der Waals surface area contributed by atoms with Gasteiger partial charge in [0.25, 0.3) is 0 Å². The van der Waals surface area contributed by atoms with Crippen LogP contribution in [0.4, 0.5) is 5.95 Å². The van der Waals surface area contributed by atoms with Crippen molar-refractivity contribution in [2.24, 2.45) is 4.99 Å². The summed E-state index contributed by atoms with van der Waals surface area (Å²) in [4.78, 5) is 8.66. The first-order valence-corrected chi connectivity index (χ1v) is 6.54. The van der Waals surface area contributed by atoms with Gasteiger partial charge in [0.2, 0.25) is 5.95 Å². The normalized spacial score (nSPS) is 29.1. The summed E-state index contributed by atoms with van der Waals surface area (Å²) < 4.78 is 2.30. The van der Waals surface area contributed by atoms with E-state index in [1.54, 1.807) is 0 Å². The van der Waals surface area contributed by atoms with E-state index in [0.717, 1.165) is 24.5 Å². The van der Waals surface area contributed by atoms with Gasteiger partial charge in [0.15, 0.2) is 0 Å². The smallest absolute Gasteiger partial charge is 0.208 e. The van der Waals surface area contributed by atoms with E-state index < -0.39 is 0 Å². The summed E-state index contributed by atoms with van der Waals surface area (Å²) in [5.41, 5.74) is 2.23. The van der Waals surface area contributed by atoms with Crippen LogP contribution in [0.3, 0.4) is 0 Å². The van der Waals surface area contributed by atoms with Gasteiger partial charge in [-0.15, -0.1) is 0 Å². The van der Waals surface area contributed by atoms with Crippen LogP contribution in [0.15, 0.2) is 23.5 Å². The Kier molecular flexibility index (Phi) is 2.37. The number of hydrogen-bond acceptors (Lipinski definition) is 3. The van der Waals surface area contributed by atoms with Crippen LogP contribution < -0.4 is 5.32 Å². The van der Waals surface area contributed by atoms with E-state index >= 15 is 0 Å². The van der Waals surface area contributed by atoms with Crippen LogP contribution in [-0.4, -0.2) is 22.3 Å². The number of allylic oxidation sites excluding steroid dienone is 1. The lowest BCUT2D eigenvalue weighted by atomic mass is 9.98. The highest BCUT2D eigenvalue weighted by atomic mass is 15.3. The maximum atomic E-state index is 4.48. The maximum absolute atomic E-state index is 4.48. The van der Waals surface area contributed by atoms with E-state index in [2.05, 4.69) is 47.0 Å². The number of nitrogens with zero attached hydrogens (tertiary/aromatic N) is 3. The van der Waals surface area contributed by atoms with Crippen LogP contribution in [0.5, 0.6) is 0 Å². The minimum absolute atomic E-state index is 0.0964. The average Bonchev–Trinajstić information content (AvgIpc) is 2.97. The molecule has 4 nitrogen and oxygen atoms in total. The number of nitrogens with one attached hydrogen (secondary N) is 1. The molecule has 1 fully saturated rings. The predicted octanol–water partition coefficient (Wildman–Crippen LogP) is 2.89. The van der Waals surface area contributed by atoms with Gasteiger partial charge < -0.3 is 9.88 Å². The van der Waals surface area contributed by atoms with Crippen molar-refractivity contribution in [2.75, 3.05) is 5.32 Å². The predicted molar refractivity (Wildman–Crippen MR) is 74.2 cm³/mol. The van der Waals surface area contributed by atoms with Gasteiger partial charge in [-0.2, -0.15) is 0 Å². The molecule has 2 atom stereocenters. The lowest BCUT2D eigenvalue weighted by Crippen LogP contribution is -2.26. The lowest BCUT2D eigenvalue weighted by Gasteiger charge is -2.25. The quantitative estimate of drug-likeness (QED) is 0.813. The van der Waals surface area contributed by atoms with Crippen molar-refractivity contribution in [3.63, 3.8) is 0 Å². The third-order valence-electron chi connectivity index (χ3n) is 4.43. The Hall–Kier alpha value is -1.58. The second kappa shape index (κ2) is 3.70. The fraction of sp³-hybridized carbons (Fsp3) is 0.571. The molecule has 2 heterocycles. The molecule has 4 heteroatoms. The Morgan fingerprint density at radius 3 is 2.94 bits per heavy atom. The molecular formula is C14H20N4. The number of fused-ring (bicyclic) bond motifs is 1. The zero-order chi connectivity index (χ0) is 12.9. The van der Waals surface area contributed by atoms with E-state index in [-0.39, 0.29) is 5.54 Å². The van der Waals surface area contributed by atoms with Crippen molar-refractivity contribution in [3.05, 3.63) is 24.2 Å². The second-order valence-electron chi connectivity index (χ2n) is 5.85. The van der Waals surface area contributed by atoms with E-state index in [0.29, 0.717) is 12.0 Å². The molecule has 1 N–H and O–H groups in total. The van der Waals surface area contributed by atoms with Gasteiger partial charge in [0.1, 0.15) is 0 Å². The molecule has 0 bridgehead atoms. The molecule has 1 aromatic heterocycles. The van der Waals surface area contributed by atoms with Crippen molar-refractivity contribution in [3.8, 4) is 0 Å². The van der Waals surface area contributed by atoms with Crippen molar-refractivity contribution < 1.29 is 0 Å². The summed E-state index contributed by atoms with van der Waals surface area (Å²) in [7, 11) is 0. The average molecular weight is 244 g/mol. The molecule has 0 radical (unpaired) electrons. The fourth-order valence-electron chi connectivity index (χ4n) is 3.14.